The van der Waals surface area contributed by atoms with Gasteiger partial charge in [0.25, 0.3) is 5.69 Å². The Hall–Kier alpha value is -1.22. The average molecular weight is 378 g/mol. The number of nitro benzene ring substituents is 1. The number of sulfonamides is 1. The average Bonchev–Trinajstić information content (AvgIpc) is 2.53. The first kappa shape index (κ1) is 20.8. The maximum Gasteiger partial charge on any atom is 0.273 e. The van der Waals surface area contributed by atoms with Gasteiger partial charge in [0.1, 0.15) is 0 Å². The molecular formula is C15H24ClN3O4S. The molecule has 9 heteroatoms. The summed E-state index contributed by atoms with van der Waals surface area (Å²) < 4.78 is 27.5. The lowest BCUT2D eigenvalue weighted by molar-refractivity contribution is -0.385. The van der Waals surface area contributed by atoms with Crippen molar-refractivity contribution in [2.75, 3.05) is 19.6 Å². The minimum atomic E-state index is -3.73. The molecule has 1 N–H and O–H groups in total. The van der Waals surface area contributed by atoms with Gasteiger partial charge in [-0.25, -0.2) is 8.42 Å². The van der Waals surface area contributed by atoms with Crippen molar-refractivity contribution >= 4 is 28.1 Å². The number of nitrogens with zero attached hydrogens (tertiary/aromatic N) is 2. The summed E-state index contributed by atoms with van der Waals surface area (Å²) in [6.45, 7) is 5.53. The van der Waals surface area contributed by atoms with Gasteiger partial charge in [0.15, 0.2) is 0 Å². The Labute approximate surface area is 149 Å². The first-order chi connectivity index (χ1) is 10.9. The molecule has 0 aromatic heterocycles. The predicted molar refractivity (Wildman–Crippen MR) is 95.2 cm³/mol. The van der Waals surface area contributed by atoms with E-state index in [1.165, 1.54) is 22.5 Å². The van der Waals surface area contributed by atoms with E-state index in [2.05, 4.69) is 5.32 Å². The molecule has 0 aliphatic carbocycles. The Morgan fingerprint density at radius 3 is 2.50 bits per heavy atom. The van der Waals surface area contributed by atoms with Crippen molar-refractivity contribution in [2.45, 2.75) is 44.0 Å². The zero-order valence-corrected chi connectivity index (χ0v) is 15.5. The molecule has 0 spiro atoms. The predicted octanol–water partition coefficient (Wildman–Crippen LogP) is 2.48. The molecule has 136 valence electrons. The number of rotatable bonds is 6. The number of halogens is 1. The lowest BCUT2D eigenvalue weighted by Crippen LogP contribution is -2.46. The van der Waals surface area contributed by atoms with E-state index in [9.17, 15) is 18.5 Å². The van der Waals surface area contributed by atoms with E-state index in [0.29, 0.717) is 18.5 Å². The molecule has 1 aromatic carbocycles. The third-order valence-electron chi connectivity index (χ3n) is 4.14. The van der Waals surface area contributed by atoms with Gasteiger partial charge in [0, 0.05) is 24.2 Å². The van der Waals surface area contributed by atoms with E-state index in [-0.39, 0.29) is 29.0 Å². The second kappa shape index (κ2) is 8.75. The van der Waals surface area contributed by atoms with E-state index in [0.717, 1.165) is 25.9 Å². The van der Waals surface area contributed by atoms with Crippen molar-refractivity contribution in [3.63, 3.8) is 0 Å². The van der Waals surface area contributed by atoms with Crippen LogP contribution >= 0.6 is 12.4 Å². The van der Waals surface area contributed by atoms with Gasteiger partial charge in [0.2, 0.25) is 10.0 Å². The fourth-order valence-corrected chi connectivity index (χ4v) is 4.69. The number of hydrogen-bond donors (Lipinski definition) is 1. The monoisotopic (exact) mass is 377 g/mol. The molecule has 1 fully saturated rings. The van der Waals surface area contributed by atoms with Crippen molar-refractivity contribution < 1.29 is 13.3 Å². The fourth-order valence-electron chi connectivity index (χ4n) is 2.90. The van der Waals surface area contributed by atoms with Crippen LogP contribution in [0.3, 0.4) is 0 Å². The van der Waals surface area contributed by atoms with Crippen LogP contribution in [0.15, 0.2) is 23.1 Å². The standard InChI is InChI=1S/C15H23N3O4S.ClH/c1-3-10-17(13-6-8-16-9-7-13)23(21,22)14-5-4-12(2)15(11-14)18(19)20;/h4-5,11,13,16H,3,6-10H2,1-2H3;1H. The molecular weight excluding hydrogens is 354 g/mol. The van der Waals surface area contributed by atoms with Gasteiger partial charge in [0.05, 0.1) is 9.82 Å². The molecule has 0 unspecified atom stereocenters. The van der Waals surface area contributed by atoms with E-state index < -0.39 is 14.9 Å². The van der Waals surface area contributed by atoms with Crippen LogP contribution in [0.1, 0.15) is 31.7 Å². The largest absolute Gasteiger partial charge is 0.317 e. The number of piperidine rings is 1. The Bertz CT molecular complexity index is 675. The Morgan fingerprint density at radius 1 is 1.33 bits per heavy atom. The number of nitrogens with one attached hydrogen (secondary N) is 1. The zero-order chi connectivity index (χ0) is 17.0. The zero-order valence-electron chi connectivity index (χ0n) is 13.9. The SMILES string of the molecule is CCCN(C1CCNCC1)S(=O)(=O)c1ccc(C)c([N+](=O)[O-])c1.Cl. The van der Waals surface area contributed by atoms with Crippen LogP contribution in [0.5, 0.6) is 0 Å². The summed E-state index contributed by atoms with van der Waals surface area (Å²) in [5.41, 5.74) is 0.297. The molecule has 1 saturated heterocycles. The first-order valence-corrected chi connectivity index (χ1v) is 9.29. The smallest absolute Gasteiger partial charge is 0.273 e. The van der Waals surface area contributed by atoms with Gasteiger partial charge < -0.3 is 5.32 Å². The van der Waals surface area contributed by atoms with Gasteiger partial charge in [-0.15, -0.1) is 12.4 Å². The highest BCUT2D eigenvalue weighted by atomic mass is 35.5. The molecule has 0 bridgehead atoms. The summed E-state index contributed by atoms with van der Waals surface area (Å²) in [5, 5.41) is 14.3. The number of nitro groups is 1. The Balaban J connectivity index is 0.00000288. The second-order valence-electron chi connectivity index (χ2n) is 5.80. The van der Waals surface area contributed by atoms with Crippen LogP contribution < -0.4 is 5.32 Å². The molecule has 0 radical (unpaired) electrons. The van der Waals surface area contributed by atoms with Gasteiger partial charge in [-0.3, -0.25) is 10.1 Å². The first-order valence-electron chi connectivity index (χ1n) is 7.85. The van der Waals surface area contributed by atoms with Crippen LogP contribution in [-0.2, 0) is 10.0 Å². The number of aryl methyl sites for hydroxylation is 1. The highest BCUT2D eigenvalue weighted by Crippen LogP contribution is 2.27. The highest BCUT2D eigenvalue weighted by Gasteiger charge is 2.32. The van der Waals surface area contributed by atoms with Gasteiger partial charge in [-0.05, 0) is 45.3 Å². The molecule has 0 amide bonds. The normalized spacial score (nSPS) is 16.0. The molecule has 1 aliphatic rings. The Morgan fingerprint density at radius 2 is 1.96 bits per heavy atom. The van der Waals surface area contributed by atoms with E-state index in [1.54, 1.807) is 6.92 Å². The van der Waals surface area contributed by atoms with Crippen LogP contribution in [-0.4, -0.2) is 43.3 Å². The van der Waals surface area contributed by atoms with Gasteiger partial charge >= 0.3 is 0 Å². The molecule has 2 rings (SSSR count). The molecule has 7 nitrogen and oxygen atoms in total. The lowest BCUT2D eigenvalue weighted by atomic mass is 10.1. The van der Waals surface area contributed by atoms with Crippen LogP contribution in [0, 0.1) is 17.0 Å². The number of benzene rings is 1. The Kier molecular flexibility index (Phi) is 7.59. The van der Waals surface area contributed by atoms with Crippen molar-refractivity contribution in [3.8, 4) is 0 Å². The molecule has 24 heavy (non-hydrogen) atoms. The number of hydrogen-bond acceptors (Lipinski definition) is 5. The summed E-state index contributed by atoms with van der Waals surface area (Å²) in [5.74, 6) is 0. The van der Waals surface area contributed by atoms with E-state index in [1.807, 2.05) is 6.92 Å². The maximum absolute atomic E-state index is 13.0. The van der Waals surface area contributed by atoms with E-state index in [4.69, 9.17) is 0 Å². The molecule has 1 heterocycles. The summed E-state index contributed by atoms with van der Waals surface area (Å²) in [7, 11) is -3.73. The third kappa shape index (κ3) is 4.44. The topological polar surface area (TPSA) is 92.6 Å². The minimum Gasteiger partial charge on any atom is -0.317 e. The molecule has 0 saturated carbocycles. The lowest BCUT2D eigenvalue weighted by Gasteiger charge is -2.33. The molecule has 1 aliphatic heterocycles. The summed E-state index contributed by atoms with van der Waals surface area (Å²) >= 11 is 0. The fraction of sp³-hybridized carbons (Fsp3) is 0.600. The van der Waals surface area contributed by atoms with Crippen LogP contribution in [0.2, 0.25) is 0 Å². The van der Waals surface area contributed by atoms with Crippen LogP contribution in [0.4, 0.5) is 5.69 Å². The van der Waals surface area contributed by atoms with Crippen LogP contribution in [0.25, 0.3) is 0 Å². The quantitative estimate of drug-likeness (QED) is 0.607. The summed E-state index contributed by atoms with van der Waals surface area (Å²) in [6.07, 6.45) is 2.22. The van der Waals surface area contributed by atoms with Gasteiger partial charge in [-0.1, -0.05) is 13.0 Å². The second-order valence-corrected chi connectivity index (χ2v) is 7.69. The maximum atomic E-state index is 13.0. The highest BCUT2D eigenvalue weighted by molar-refractivity contribution is 7.89. The van der Waals surface area contributed by atoms with Gasteiger partial charge in [-0.2, -0.15) is 4.31 Å². The van der Waals surface area contributed by atoms with Crippen molar-refractivity contribution in [1.82, 2.24) is 9.62 Å². The molecule has 0 atom stereocenters. The van der Waals surface area contributed by atoms with Crippen molar-refractivity contribution in [3.05, 3.63) is 33.9 Å². The summed E-state index contributed by atoms with van der Waals surface area (Å²) in [6, 6.07) is 4.08. The minimum absolute atomic E-state index is 0. The molecule has 1 aromatic rings. The van der Waals surface area contributed by atoms with Crippen molar-refractivity contribution in [1.29, 1.82) is 0 Å². The summed E-state index contributed by atoms with van der Waals surface area (Å²) in [4.78, 5) is 10.6. The van der Waals surface area contributed by atoms with E-state index >= 15 is 0 Å². The van der Waals surface area contributed by atoms with Crippen molar-refractivity contribution in [2.24, 2.45) is 0 Å². The third-order valence-corrected chi connectivity index (χ3v) is 6.09.